The van der Waals surface area contributed by atoms with Crippen LogP contribution in [-0.2, 0) is 15.3 Å². The molecule has 0 N–H and O–H groups in total. The second kappa shape index (κ2) is 9.33. The van der Waals surface area contributed by atoms with Crippen LogP contribution in [0.3, 0.4) is 0 Å². The fourth-order valence-corrected chi connectivity index (χ4v) is 1.44. The molecule has 2 aromatic carbocycles. The molecule has 0 spiro atoms. The molecule has 0 aliphatic rings. The average molecular weight is 305 g/mol. The standard InChI is InChI=1S/C9H6FNO3S.C6H6/c10-8-4-1-7(2-5-8)3-6-9(12)11-15(13)14;1-2-4-6-5-3-1/h1-6H;1-6H. The third-order valence-electron chi connectivity index (χ3n) is 2.12. The lowest BCUT2D eigenvalue weighted by Crippen LogP contribution is -1.84. The topological polar surface area (TPSA) is 63.6 Å². The van der Waals surface area contributed by atoms with E-state index in [1.54, 1.807) is 0 Å². The molecule has 0 radical (unpaired) electrons. The summed E-state index contributed by atoms with van der Waals surface area (Å²) in [6.07, 6.45) is 2.33. The maximum Gasteiger partial charge on any atom is 0.319 e. The summed E-state index contributed by atoms with van der Waals surface area (Å²) >= 11 is 0. The Hall–Kier alpha value is -2.60. The molecule has 21 heavy (non-hydrogen) atoms. The van der Waals surface area contributed by atoms with Crippen LogP contribution in [0.4, 0.5) is 4.39 Å². The molecule has 0 fully saturated rings. The van der Waals surface area contributed by atoms with Crippen LogP contribution in [0.15, 0.2) is 71.1 Å². The van der Waals surface area contributed by atoms with E-state index in [2.05, 4.69) is 4.36 Å². The highest BCUT2D eigenvalue weighted by Crippen LogP contribution is 2.04. The highest BCUT2D eigenvalue weighted by molar-refractivity contribution is 7.62. The van der Waals surface area contributed by atoms with Gasteiger partial charge in [0.1, 0.15) is 5.82 Å². The highest BCUT2D eigenvalue weighted by atomic mass is 32.2. The van der Waals surface area contributed by atoms with Crippen LogP contribution in [0.2, 0.25) is 0 Å². The van der Waals surface area contributed by atoms with E-state index in [4.69, 9.17) is 0 Å². The number of halogens is 1. The maximum atomic E-state index is 12.5. The molecule has 0 aliphatic carbocycles. The predicted molar refractivity (Wildman–Crippen MR) is 78.2 cm³/mol. The van der Waals surface area contributed by atoms with Crippen molar-refractivity contribution in [1.82, 2.24) is 0 Å². The number of carbonyl (C=O) groups is 1. The summed E-state index contributed by atoms with van der Waals surface area (Å²) in [5, 5.41) is 0. The van der Waals surface area contributed by atoms with Crippen LogP contribution >= 0.6 is 0 Å². The minimum atomic E-state index is -2.74. The van der Waals surface area contributed by atoms with Gasteiger partial charge in [-0.05, 0) is 23.8 Å². The minimum Gasteiger partial charge on any atom is -0.266 e. The molecule has 0 saturated carbocycles. The Balaban J connectivity index is 0.000000304. The van der Waals surface area contributed by atoms with Gasteiger partial charge in [-0.15, -0.1) is 0 Å². The molecule has 0 saturated heterocycles. The molecule has 2 rings (SSSR count). The van der Waals surface area contributed by atoms with Crippen molar-refractivity contribution in [3.8, 4) is 0 Å². The van der Waals surface area contributed by atoms with Gasteiger partial charge in [-0.2, -0.15) is 8.42 Å². The zero-order valence-electron chi connectivity index (χ0n) is 10.9. The largest absolute Gasteiger partial charge is 0.319 e. The molecule has 6 heteroatoms. The predicted octanol–water partition coefficient (Wildman–Crippen LogP) is 3.11. The molecule has 0 bridgehead atoms. The Morgan fingerprint density at radius 2 is 1.43 bits per heavy atom. The smallest absolute Gasteiger partial charge is 0.266 e. The van der Waals surface area contributed by atoms with Crippen LogP contribution in [0.25, 0.3) is 6.08 Å². The quantitative estimate of drug-likeness (QED) is 0.801. The summed E-state index contributed by atoms with van der Waals surface area (Å²) in [5.74, 6) is -1.27. The van der Waals surface area contributed by atoms with Crippen molar-refractivity contribution in [2.75, 3.05) is 0 Å². The van der Waals surface area contributed by atoms with Gasteiger partial charge >= 0.3 is 10.5 Å². The van der Waals surface area contributed by atoms with Crippen molar-refractivity contribution < 1.29 is 17.6 Å². The summed E-state index contributed by atoms with van der Waals surface area (Å²) < 4.78 is 35.2. The molecule has 0 aromatic heterocycles. The monoisotopic (exact) mass is 305 g/mol. The number of rotatable bonds is 2. The molecule has 2 aromatic rings. The molecule has 108 valence electrons. The zero-order valence-corrected chi connectivity index (χ0v) is 11.7. The summed E-state index contributed by atoms with van der Waals surface area (Å²) in [4.78, 5) is 10.8. The molecule has 0 aliphatic heterocycles. The van der Waals surface area contributed by atoms with E-state index < -0.39 is 16.4 Å². The van der Waals surface area contributed by atoms with Gasteiger partial charge < -0.3 is 0 Å². The molecule has 0 atom stereocenters. The highest BCUT2D eigenvalue weighted by Gasteiger charge is 1.93. The minimum absolute atomic E-state index is 0.385. The molecule has 0 unspecified atom stereocenters. The van der Waals surface area contributed by atoms with Crippen molar-refractivity contribution in [3.05, 3.63) is 78.1 Å². The molecular formula is C15H12FNO3S. The number of nitrogens with zero attached hydrogens (tertiary/aromatic N) is 1. The van der Waals surface area contributed by atoms with Crippen LogP contribution in [-0.4, -0.2) is 14.3 Å². The second-order valence-electron chi connectivity index (χ2n) is 3.69. The molecule has 1 amide bonds. The lowest BCUT2D eigenvalue weighted by molar-refractivity contribution is -0.113. The van der Waals surface area contributed by atoms with Crippen molar-refractivity contribution in [1.29, 1.82) is 0 Å². The van der Waals surface area contributed by atoms with Gasteiger partial charge in [0.05, 0.1) is 0 Å². The van der Waals surface area contributed by atoms with E-state index in [-0.39, 0.29) is 5.82 Å². The lowest BCUT2D eigenvalue weighted by atomic mass is 10.2. The Morgan fingerprint density at radius 1 is 0.952 bits per heavy atom. The average Bonchev–Trinajstić information content (AvgIpc) is 2.48. The zero-order chi connectivity index (χ0) is 15.5. The van der Waals surface area contributed by atoms with Gasteiger partial charge in [-0.1, -0.05) is 52.9 Å². The number of hydrogen-bond donors (Lipinski definition) is 0. The van der Waals surface area contributed by atoms with Crippen molar-refractivity contribution in [3.63, 3.8) is 0 Å². The van der Waals surface area contributed by atoms with E-state index in [1.165, 1.54) is 30.3 Å². The number of amides is 1. The first kappa shape index (κ1) is 16.5. The number of hydrogen-bond acceptors (Lipinski definition) is 3. The Labute approximate surface area is 123 Å². The van der Waals surface area contributed by atoms with Gasteiger partial charge in [0.25, 0.3) is 5.91 Å². The Kier molecular flexibility index (Phi) is 7.31. The summed E-state index contributed by atoms with van der Waals surface area (Å²) in [6.45, 7) is 0. The lowest BCUT2D eigenvalue weighted by Gasteiger charge is -1.90. The SMILES string of the molecule is O=C(C=Cc1ccc(F)cc1)N=S(=O)=O.c1ccccc1. The first-order valence-corrected chi connectivity index (χ1v) is 6.90. The van der Waals surface area contributed by atoms with Gasteiger partial charge in [0.15, 0.2) is 0 Å². The van der Waals surface area contributed by atoms with E-state index in [0.29, 0.717) is 5.56 Å². The summed E-state index contributed by atoms with van der Waals surface area (Å²) in [6, 6.07) is 17.4. The van der Waals surface area contributed by atoms with Crippen LogP contribution < -0.4 is 0 Å². The fraction of sp³-hybridized carbons (Fsp3) is 0. The van der Waals surface area contributed by atoms with Gasteiger partial charge in [-0.3, -0.25) is 4.79 Å². The molecular weight excluding hydrogens is 293 g/mol. The third-order valence-corrected chi connectivity index (χ3v) is 2.45. The normalized spacial score (nSPS) is 9.57. The van der Waals surface area contributed by atoms with E-state index in [9.17, 15) is 17.6 Å². The third kappa shape index (κ3) is 8.22. The second-order valence-corrected chi connectivity index (χ2v) is 4.30. The van der Waals surface area contributed by atoms with Gasteiger partial charge in [0.2, 0.25) is 0 Å². The number of benzene rings is 2. The van der Waals surface area contributed by atoms with E-state index in [0.717, 1.165) is 6.08 Å². The molecule has 4 nitrogen and oxygen atoms in total. The van der Waals surface area contributed by atoms with Crippen LogP contribution in [0.5, 0.6) is 0 Å². The fourth-order valence-electron chi connectivity index (χ4n) is 1.23. The van der Waals surface area contributed by atoms with Crippen LogP contribution in [0.1, 0.15) is 5.56 Å². The van der Waals surface area contributed by atoms with Crippen molar-refractivity contribution in [2.24, 2.45) is 4.36 Å². The van der Waals surface area contributed by atoms with Crippen molar-refractivity contribution >= 4 is 22.5 Å². The van der Waals surface area contributed by atoms with Gasteiger partial charge in [-0.25, -0.2) is 4.39 Å². The Morgan fingerprint density at radius 3 is 1.86 bits per heavy atom. The summed E-state index contributed by atoms with van der Waals surface area (Å²) in [5.41, 5.74) is 0.580. The first-order chi connectivity index (χ1) is 10.1. The van der Waals surface area contributed by atoms with E-state index >= 15 is 0 Å². The Bertz CT molecular complexity index is 689. The van der Waals surface area contributed by atoms with Crippen LogP contribution in [0, 0.1) is 5.82 Å². The van der Waals surface area contributed by atoms with E-state index in [1.807, 2.05) is 36.4 Å². The van der Waals surface area contributed by atoms with Crippen molar-refractivity contribution in [2.45, 2.75) is 0 Å². The van der Waals surface area contributed by atoms with Gasteiger partial charge in [0, 0.05) is 6.08 Å². The summed E-state index contributed by atoms with van der Waals surface area (Å²) in [7, 11) is -2.74. The maximum absolute atomic E-state index is 12.5. The molecule has 0 heterocycles. The first-order valence-electron chi connectivity index (χ1n) is 5.86. The number of carbonyl (C=O) groups excluding carboxylic acids is 1.